The number of nitrogens with one attached hydrogen (secondary N) is 1. The largest absolute Gasteiger partial charge is 0.367 e. The summed E-state index contributed by atoms with van der Waals surface area (Å²) in [5.74, 6) is 1.61. The molecule has 0 saturated carbocycles. The number of ketones is 1. The summed E-state index contributed by atoms with van der Waals surface area (Å²) in [7, 11) is 0. The molecule has 0 aliphatic heterocycles. The fourth-order valence-corrected chi connectivity index (χ4v) is 4.02. The first kappa shape index (κ1) is 20.6. The number of anilines is 1. The molecule has 0 saturated heterocycles. The first-order chi connectivity index (χ1) is 14.5. The minimum atomic E-state index is 0.0594. The number of fused-ring (bicyclic) bond motifs is 3. The zero-order valence-electron chi connectivity index (χ0n) is 16.5. The van der Waals surface area contributed by atoms with Crippen LogP contribution < -0.4 is 5.32 Å². The van der Waals surface area contributed by atoms with E-state index in [-0.39, 0.29) is 5.78 Å². The average Bonchev–Trinajstić information content (AvgIpc) is 3.12. The predicted octanol–water partition coefficient (Wildman–Crippen LogP) is 5.75. The lowest BCUT2D eigenvalue weighted by Crippen LogP contribution is -2.07. The molecule has 0 spiro atoms. The van der Waals surface area contributed by atoms with Crippen LogP contribution in [0.4, 0.5) is 5.82 Å². The van der Waals surface area contributed by atoms with Gasteiger partial charge in [-0.05, 0) is 50.1 Å². The van der Waals surface area contributed by atoms with E-state index in [9.17, 15) is 4.79 Å². The first-order valence-corrected chi connectivity index (χ1v) is 10.6. The van der Waals surface area contributed by atoms with Crippen LogP contribution in [0.15, 0.2) is 42.5 Å². The lowest BCUT2D eigenvalue weighted by atomic mass is 10.0. The predicted molar refractivity (Wildman–Crippen MR) is 121 cm³/mol. The van der Waals surface area contributed by atoms with E-state index in [0.717, 1.165) is 54.1 Å². The summed E-state index contributed by atoms with van der Waals surface area (Å²) in [6.45, 7) is 2.67. The molecule has 2 heterocycles. The van der Waals surface area contributed by atoms with Gasteiger partial charge < -0.3 is 5.32 Å². The van der Waals surface area contributed by atoms with Crippen molar-refractivity contribution >= 4 is 51.5 Å². The molecule has 154 valence electrons. The maximum Gasteiger partial charge on any atom is 0.204 e. The molecule has 4 aromatic rings. The molecule has 2 aromatic heterocycles. The molecule has 2 aromatic carbocycles. The number of unbranched alkanes of at least 4 members (excludes halogenated alkanes) is 2. The normalized spacial score (nSPS) is 11.3. The summed E-state index contributed by atoms with van der Waals surface area (Å²) in [5.41, 5.74) is 3.16. The van der Waals surface area contributed by atoms with Gasteiger partial charge in [-0.3, -0.25) is 9.20 Å². The van der Waals surface area contributed by atoms with Crippen LogP contribution in [0.3, 0.4) is 0 Å². The molecule has 1 N–H and O–H groups in total. The van der Waals surface area contributed by atoms with Gasteiger partial charge in [-0.25, -0.2) is 4.98 Å². The van der Waals surface area contributed by atoms with Gasteiger partial charge in [0.2, 0.25) is 5.65 Å². The van der Waals surface area contributed by atoms with Crippen LogP contribution in [-0.4, -0.2) is 31.9 Å². The number of carbonyl (C=O) groups is 1. The maximum atomic E-state index is 12.3. The first-order valence-electron chi connectivity index (χ1n) is 9.86. The van der Waals surface area contributed by atoms with Gasteiger partial charge in [0.15, 0.2) is 11.6 Å². The van der Waals surface area contributed by atoms with Crippen LogP contribution in [0.5, 0.6) is 0 Å². The number of halogens is 2. The highest BCUT2D eigenvalue weighted by atomic mass is 35.5. The fraction of sp³-hybridized carbons (Fsp3) is 0.273. The third kappa shape index (κ3) is 4.40. The third-order valence-corrected chi connectivity index (χ3v) is 5.39. The molecule has 4 rings (SSSR count). The molecular weight excluding hydrogens is 421 g/mol. The molecule has 0 bridgehead atoms. The summed E-state index contributed by atoms with van der Waals surface area (Å²) in [6, 6.07) is 12.9. The van der Waals surface area contributed by atoms with Gasteiger partial charge in [0.05, 0.1) is 11.0 Å². The highest BCUT2D eigenvalue weighted by Crippen LogP contribution is 2.22. The molecule has 30 heavy (non-hydrogen) atoms. The summed E-state index contributed by atoms with van der Waals surface area (Å²) < 4.78 is 2.01. The maximum absolute atomic E-state index is 12.3. The minimum absolute atomic E-state index is 0.0594. The Kier molecular flexibility index (Phi) is 6.16. The number of hydrogen-bond donors (Lipinski definition) is 1. The van der Waals surface area contributed by atoms with Crippen molar-refractivity contribution in [2.45, 2.75) is 32.6 Å². The Morgan fingerprint density at radius 1 is 1.03 bits per heavy atom. The summed E-state index contributed by atoms with van der Waals surface area (Å²) in [5, 5.41) is 12.8. The van der Waals surface area contributed by atoms with Gasteiger partial charge >= 0.3 is 0 Å². The van der Waals surface area contributed by atoms with Gasteiger partial charge in [0, 0.05) is 28.6 Å². The Morgan fingerprint density at radius 3 is 2.60 bits per heavy atom. The number of Topliss-reactive ketones (excluding diaryl/α,β-unsaturated/α-hetero) is 1. The van der Waals surface area contributed by atoms with Crippen molar-refractivity contribution in [3.63, 3.8) is 0 Å². The summed E-state index contributed by atoms with van der Waals surface area (Å²) in [4.78, 5) is 17.0. The van der Waals surface area contributed by atoms with Crippen LogP contribution in [0.25, 0.3) is 16.7 Å². The molecule has 6 nitrogen and oxygen atoms in total. The molecule has 0 aliphatic carbocycles. The molecule has 0 unspecified atom stereocenters. The Balaban J connectivity index is 1.32. The van der Waals surface area contributed by atoms with E-state index in [1.807, 2.05) is 35.6 Å². The van der Waals surface area contributed by atoms with Crippen molar-refractivity contribution in [2.75, 3.05) is 11.9 Å². The number of rotatable bonds is 8. The molecule has 8 heteroatoms. The Bertz CT molecular complexity index is 1200. The zero-order chi connectivity index (χ0) is 21.1. The molecule has 0 amide bonds. The van der Waals surface area contributed by atoms with Crippen LogP contribution >= 0.6 is 23.2 Å². The monoisotopic (exact) mass is 441 g/mol. The van der Waals surface area contributed by atoms with Crippen LogP contribution in [0.2, 0.25) is 10.0 Å². The van der Waals surface area contributed by atoms with Crippen LogP contribution in [0, 0.1) is 6.92 Å². The van der Waals surface area contributed by atoms with E-state index in [1.54, 1.807) is 18.2 Å². The van der Waals surface area contributed by atoms with Gasteiger partial charge in [-0.2, -0.15) is 0 Å². The van der Waals surface area contributed by atoms with Crippen molar-refractivity contribution in [2.24, 2.45) is 0 Å². The van der Waals surface area contributed by atoms with E-state index in [1.165, 1.54) is 0 Å². The summed E-state index contributed by atoms with van der Waals surface area (Å²) >= 11 is 11.9. The molecule has 0 aliphatic rings. The van der Waals surface area contributed by atoms with Crippen molar-refractivity contribution in [1.82, 2.24) is 19.6 Å². The van der Waals surface area contributed by atoms with Crippen molar-refractivity contribution in [3.05, 3.63) is 63.9 Å². The number of nitrogens with zero attached hydrogens (tertiary/aromatic N) is 4. The second-order valence-electron chi connectivity index (χ2n) is 7.17. The molecule has 0 radical (unpaired) electrons. The van der Waals surface area contributed by atoms with E-state index >= 15 is 0 Å². The van der Waals surface area contributed by atoms with Crippen molar-refractivity contribution in [1.29, 1.82) is 0 Å². The molecule has 0 fully saturated rings. The average molecular weight is 442 g/mol. The number of benzene rings is 2. The van der Waals surface area contributed by atoms with Crippen molar-refractivity contribution in [3.8, 4) is 0 Å². The Morgan fingerprint density at radius 2 is 1.80 bits per heavy atom. The number of carbonyl (C=O) groups excluding carboxylic acids is 1. The molecule has 0 atom stereocenters. The third-order valence-electron chi connectivity index (χ3n) is 4.95. The second kappa shape index (κ2) is 8.98. The van der Waals surface area contributed by atoms with Gasteiger partial charge in [0.25, 0.3) is 0 Å². The highest BCUT2D eigenvalue weighted by molar-refractivity contribution is 6.35. The highest BCUT2D eigenvalue weighted by Gasteiger charge is 2.12. The Labute approximate surface area is 184 Å². The summed E-state index contributed by atoms with van der Waals surface area (Å²) in [6.07, 6.45) is 3.10. The van der Waals surface area contributed by atoms with E-state index in [4.69, 9.17) is 28.2 Å². The van der Waals surface area contributed by atoms with E-state index in [2.05, 4.69) is 15.5 Å². The van der Waals surface area contributed by atoms with Crippen molar-refractivity contribution < 1.29 is 4.79 Å². The van der Waals surface area contributed by atoms with Crippen LogP contribution in [-0.2, 0) is 0 Å². The number of aryl methyl sites for hydroxylation is 1. The molecular formula is C22H21Cl2N5O. The van der Waals surface area contributed by atoms with E-state index < -0.39 is 0 Å². The zero-order valence-corrected chi connectivity index (χ0v) is 18.0. The van der Waals surface area contributed by atoms with Gasteiger partial charge in [-0.1, -0.05) is 41.8 Å². The number of para-hydroxylation sites is 2. The lowest BCUT2D eigenvalue weighted by Gasteiger charge is -2.09. The topological polar surface area (TPSA) is 72.2 Å². The van der Waals surface area contributed by atoms with E-state index in [0.29, 0.717) is 22.0 Å². The lowest BCUT2D eigenvalue weighted by molar-refractivity contribution is 0.0979. The second-order valence-corrected chi connectivity index (χ2v) is 8.05. The Hall–Kier alpha value is -2.70. The number of hydrogen-bond acceptors (Lipinski definition) is 5. The smallest absolute Gasteiger partial charge is 0.204 e. The minimum Gasteiger partial charge on any atom is -0.367 e. The number of aromatic nitrogens is 4. The SMILES string of the molecule is Cc1nnc2c(NCCCCCC(=O)c3cc(Cl)cc(Cl)c3)nc3ccccc3n12. The standard InChI is InChI=1S/C22H21Cl2N5O/c1-14-27-28-22-21(26-18-7-4-5-8-19(18)29(14)22)25-10-6-2-3-9-20(30)15-11-16(23)13-17(24)12-15/h4-5,7-8,11-13H,2-3,6,9-10H2,1H3,(H,25,26). The fourth-order valence-electron chi connectivity index (χ4n) is 3.49. The quantitative estimate of drug-likeness (QED) is 0.278. The van der Waals surface area contributed by atoms with Crippen LogP contribution in [0.1, 0.15) is 41.9 Å². The van der Waals surface area contributed by atoms with Gasteiger partial charge in [-0.15, -0.1) is 10.2 Å². The van der Waals surface area contributed by atoms with Gasteiger partial charge in [0.1, 0.15) is 5.82 Å².